The summed E-state index contributed by atoms with van der Waals surface area (Å²) in [7, 11) is 1.75. The Bertz CT molecular complexity index is 659. The minimum Gasteiger partial charge on any atom is -0.497 e. The zero-order valence-electron chi connectivity index (χ0n) is 16.9. The average Bonchev–Trinajstić information content (AvgIpc) is 3.49. The Kier molecular flexibility index (Phi) is 5.50. The minimum atomic E-state index is -0.587. The van der Waals surface area contributed by atoms with Crippen molar-refractivity contribution in [2.24, 2.45) is 11.8 Å². The number of methoxy groups -OCH3 is 1. The summed E-state index contributed by atoms with van der Waals surface area (Å²) in [6, 6.07) is 7.30. The number of rotatable bonds is 8. The molecule has 1 aromatic carbocycles. The van der Waals surface area contributed by atoms with Crippen LogP contribution >= 0.6 is 0 Å². The van der Waals surface area contributed by atoms with Gasteiger partial charge in [-0.1, -0.05) is 13.0 Å². The Morgan fingerprint density at radius 3 is 2.85 bits per heavy atom. The van der Waals surface area contributed by atoms with Crippen LogP contribution < -0.4 is 4.74 Å². The van der Waals surface area contributed by atoms with Gasteiger partial charge in [-0.3, -0.25) is 4.90 Å². The Hall–Kier alpha value is -1.10. The van der Waals surface area contributed by atoms with E-state index in [0.717, 1.165) is 30.9 Å². The Balaban J connectivity index is 1.63. The van der Waals surface area contributed by atoms with Gasteiger partial charge < -0.3 is 14.9 Å². The molecule has 0 spiro atoms. The molecule has 1 saturated carbocycles. The third kappa shape index (κ3) is 3.64. The molecule has 27 heavy (non-hydrogen) atoms. The number of benzene rings is 1. The van der Waals surface area contributed by atoms with E-state index in [1.54, 1.807) is 7.11 Å². The maximum Gasteiger partial charge on any atom is 0.119 e. The van der Waals surface area contributed by atoms with Crippen molar-refractivity contribution in [1.82, 2.24) is 4.90 Å². The molecule has 4 rings (SSSR count). The van der Waals surface area contributed by atoms with Gasteiger partial charge in [-0.25, -0.2) is 0 Å². The van der Waals surface area contributed by atoms with E-state index >= 15 is 0 Å². The third-order valence-electron chi connectivity index (χ3n) is 7.61. The summed E-state index contributed by atoms with van der Waals surface area (Å²) in [6.07, 6.45) is 7.29. The maximum absolute atomic E-state index is 9.82. The summed E-state index contributed by atoms with van der Waals surface area (Å²) in [5, 5.41) is 19.0. The highest BCUT2D eigenvalue weighted by atomic mass is 16.5. The molecule has 2 fully saturated rings. The smallest absolute Gasteiger partial charge is 0.119 e. The monoisotopic (exact) mass is 373 g/mol. The lowest BCUT2D eigenvalue weighted by atomic mass is 9.56. The van der Waals surface area contributed by atoms with Gasteiger partial charge in [0, 0.05) is 18.0 Å². The van der Waals surface area contributed by atoms with Gasteiger partial charge in [-0.15, -0.1) is 0 Å². The first-order valence-electron chi connectivity index (χ1n) is 10.8. The standard InChI is InChI=1S/C23H35NO3/c1-16-22-12-18-7-8-20(27-2)13-21(18)23(16,9-3-4-19(26)15-25)10-11-24(22)14-17-5-6-17/h7-8,13,16-17,19,22,25-26H,3-6,9-12,14-15H2,1-2H3. The molecule has 0 radical (unpaired) electrons. The van der Waals surface area contributed by atoms with Gasteiger partial charge in [0.1, 0.15) is 5.75 Å². The summed E-state index contributed by atoms with van der Waals surface area (Å²) in [6.45, 7) is 4.78. The van der Waals surface area contributed by atoms with Gasteiger partial charge in [-0.05, 0) is 86.6 Å². The van der Waals surface area contributed by atoms with E-state index in [-0.39, 0.29) is 12.0 Å². The lowest BCUT2D eigenvalue weighted by Crippen LogP contribution is -2.59. The molecule has 3 aliphatic rings. The minimum absolute atomic E-state index is 0.134. The molecule has 4 unspecified atom stereocenters. The van der Waals surface area contributed by atoms with Crippen molar-refractivity contribution in [3.05, 3.63) is 29.3 Å². The van der Waals surface area contributed by atoms with Crippen LogP contribution in [0.1, 0.15) is 56.6 Å². The van der Waals surface area contributed by atoms with E-state index in [0.29, 0.717) is 18.4 Å². The van der Waals surface area contributed by atoms with Gasteiger partial charge >= 0.3 is 0 Å². The number of hydrogen-bond donors (Lipinski definition) is 2. The summed E-state index contributed by atoms with van der Waals surface area (Å²) >= 11 is 0. The fourth-order valence-corrected chi connectivity index (χ4v) is 5.75. The summed E-state index contributed by atoms with van der Waals surface area (Å²) in [5.74, 6) is 2.49. The van der Waals surface area contributed by atoms with E-state index in [9.17, 15) is 10.2 Å². The van der Waals surface area contributed by atoms with Crippen LogP contribution in [-0.4, -0.2) is 54.1 Å². The SMILES string of the molecule is COc1ccc2c(c1)C1(CCCC(O)CO)CCN(CC3CC3)C(C2)C1C. The third-order valence-corrected chi connectivity index (χ3v) is 7.61. The van der Waals surface area contributed by atoms with Gasteiger partial charge in [0.25, 0.3) is 0 Å². The van der Waals surface area contributed by atoms with E-state index < -0.39 is 6.10 Å². The van der Waals surface area contributed by atoms with Crippen LogP contribution in [0.5, 0.6) is 5.75 Å². The lowest BCUT2D eigenvalue weighted by molar-refractivity contribution is 0.0115. The van der Waals surface area contributed by atoms with Crippen LogP contribution in [0.4, 0.5) is 0 Å². The molecule has 0 aromatic heterocycles. The Labute approximate surface area is 163 Å². The highest BCUT2D eigenvalue weighted by molar-refractivity contribution is 5.45. The predicted molar refractivity (Wildman–Crippen MR) is 107 cm³/mol. The molecular formula is C23H35NO3. The fourth-order valence-electron chi connectivity index (χ4n) is 5.75. The zero-order valence-corrected chi connectivity index (χ0v) is 16.9. The molecule has 0 amide bonds. The largest absolute Gasteiger partial charge is 0.497 e. The van der Waals surface area contributed by atoms with Gasteiger partial charge in [0.2, 0.25) is 0 Å². The second kappa shape index (κ2) is 7.73. The van der Waals surface area contributed by atoms with Crippen molar-refractivity contribution in [3.8, 4) is 5.75 Å². The molecule has 2 N–H and O–H groups in total. The Morgan fingerprint density at radius 1 is 1.33 bits per heavy atom. The predicted octanol–water partition coefficient (Wildman–Crippen LogP) is 3.13. The highest BCUT2D eigenvalue weighted by Gasteiger charge is 2.51. The van der Waals surface area contributed by atoms with E-state index in [2.05, 4.69) is 30.0 Å². The first kappa shape index (κ1) is 19.2. The molecule has 1 aliphatic heterocycles. The maximum atomic E-state index is 9.82. The number of aliphatic hydroxyl groups is 2. The van der Waals surface area contributed by atoms with Crippen molar-refractivity contribution in [2.75, 3.05) is 26.8 Å². The van der Waals surface area contributed by atoms with Gasteiger partial charge in [0.15, 0.2) is 0 Å². The lowest BCUT2D eigenvalue weighted by Gasteiger charge is -2.56. The van der Waals surface area contributed by atoms with Crippen LogP contribution in [0, 0.1) is 11.8 Å². The number of likely N-dealkylation sites (tertiary alicyclic amines) is 1. The van der Waals surface area contributed by atoms with E-state index in [4.69, 9.17) is 4.74 Å². The molecule has 2 bridgehead atoms. The molecule has 150 valence electrons. The van der Waals surface area contributed by atoms with Crippen molar-refractivity contribution >= 4 is 0 Å². The molecule has 4 atom stereocenters. The average molecular weight is 374 g/mol. The molecule has 4 heteroatoms. The molecule has 1 aromatic rings. The highest BCUT2D eigenvalue weighted by Crippen LogP contribution is 2.52. The second-order valence-electron chi connectivity index (χ2n) is 9.16. The van der Waals surface area contributed by atoms with E-state index in [1.807, 2.05) is 0 Å². The Morgan fingerprint density at radius 2 is 2.15 bits per heavy atom. The molecule has 2 aliphatic carbocycles. The summed E-state index contributed by atoms with van der Waals surface area (Å²) in [4.78, 5) is 2.77. The first-order valence-corrected chi connectivity index (χ1v) is 10.8. The number of ether oxygens (including phenoxy) is 1. The zero-order chi connectivity index (χ0) is 19.0. The number of piperidine rings is 1. The summed E-state index contributed by atoms with van der Waals surface area (Å²) < 4.78 is 5.56. The van der Waals surface area contributed by atoms with Crippen molar-refractivity contribution in [3.63, 3.8) is 0 Å². The number of hydrogen-bond acceptors (Lipinski definition) is 4. The normalized spacial score (nSPS) is 31.4. The van der Waals surface area contributed by atoms with E-state index in [1.165, 1.54) is 43.5 Å². The van der Waals surface area contributed by atoms with Crippen molar-refractivity contribution in [2.45, 2.75) is 69.4 Å². The number of nitrogens with zero attached hydrogens (tertiary/aromatic N) is 1. The molecule has 1 heterocycles. The van der Waals surface area contributed by atoms with Crippen molar-refractivity contribution < 1.29 is 14.9 Å². The fraction of sp³-hybridized carbons (Fsp3) is 0.739. The number of fused-ring (bicyclic) bond motifs is 4. The molecule has 4 nitrogen and oxygen atoms in total. The summed E-state index contributed by atoms with van der Waals surface area (Å²) in [5.41, 5.74) is 3.14. The van der Waals surface area contributed by atoms with Crippen LogP contribution in [0.2, 0.25) is 0 Å². The second-order valence-corrected chi connectivity index (χ2v) is 9.16. The van der Waals surface area contributed by atoms with Crippen LogP contribution in [0.15, 0.2) is 18.2 Å². The first-order chi connectivity index (χ1) is 13.1. The van der Waals surface area contributed by atoms with Gasteiger partial charge in [-0.2, -0.15) is 0 Å². The van der Waals surface area contributed by atoms with Crippen LogP contribution in [0.3, 0.4) is 0 Å². The van der Waals surface area contributed by atoms with Crippen molar-refractivity contribution in [1.29, 1.82) is 0 Å². The topological polar surface area (TPSA) is 52.9 Å². The van der Waals surface area contributed by atoms with Gasteiger partial charge in [0.05, 0.1) is 19.8 Å². The van der Waals surface area contributed by atoms with Crippen LogP contribution in [0.25, 0.3) is 0 Å². The molecule has 1 saturated heterocycles. The molecular weight excluding hydrogens is 338 g/mol. The van der Waals surface area contributed by atoms with Crippen LogP contribution in [-0.2, 0) is 11.8 Å². The quantitative estimate of drug-likeness (QED) is 0.735. The number of aliphatic hydroxyl groups excluding tert-OH is 2.